The Morgan fingerprint density at radius 3 is 3.08 bits per heavy atom. The van der Waals surface area contributed by atoms with Crippen molar-refractivity contribution in [3.63, 3.8) is 0 Å². The number of nitrogens with two attached hydrogens (primary N) is 1. The molecule has 2 rings (SSSR count). The molecule has 0 aliphatic carbocycles. The van der Waals surface area contributed by atoms with Crippen molar-refractivity contribution in [2.24, 2.45) is 5.73 Å². The van der Waals surface area contributed by atoms with E-state index in [2.05, 4.69) is 26.1 Å². The van der Waals surface area contributed by atoms with Gasteiger partial charge in [0.25, 0.3) is 0 Å². The molecule has 2 aromatic rings. The molecule has 0 amide bonds. The standard InChI is InChI=1S/C8H8BrN3/c9-5-1-2-7-6(3-5)8(4-10)12-11-7/h1-3H,4,10H2,(H,11,12). The van der Waals surface area contributed by atoms with Gasteiger partial charge in [0.05, 0.1) is 11.2 Å². The molecule has 1 heterocycles. The highest BCUT2D eigenvalue weighted by Crippen LogP contribution is 2.20. The summed E-state index contributed by atoms with van der Waals surface area (Å²) in [7, 11) is 0. The van der Waals surface area contributed by atoms with Gasteiger partial charge in [0, 0.05) is 16.4 Å². The Morgan fingerprint density at radius 1 is 1.50 bits per heavy atom. The van der Waals surface area contributed by atoms with Gasteiger partial charge in [-0.1, -0.05) is 15.9 Å². The van der Waals surface area contributed by atoms with E-state index in [1.165, 1.54) is 0 Å². The van der Waals surface area contributed by atoms with Gasteiger partial charge in [0.2, 0.25) is 0 Å². The first-order valence-electron chi connectivity index (χ1n) is 3.64. The second kappa shape index (κ2) is 2.88. The Bertz CT molecular complexity index is 408. The van der Waals surface area contributed by atoms with Crippen LogP contribution in [0.4, 0.5) is 0 Å². The zero-order valence-electron chi connectivity index (χ0n) is 6.34. The Hall–Kier alpha value is -0.870. The predicted molar refractivity (Wildman–Crippen MR) is 51.7 cm³/mol. The number of nitrogens with zero attached hydrogens (tertiary/aromatic N) is 1. The number of benzene rings is 1. The fourth-order valence-corrected chi connectivity index (χ4v) is 1.55. The van der Waals surface area contributed by atoms with Crippen LogP contribution in [-0.2, 0) is 6.54 Å². The third kappa shape index (κ3) is 1.13. The van der Waals surface area contributed by atoms with Gasteiger partial charge in [-0.15, -0.1) is 0 Å². The lowest BCUT2D eigenvalue weighted by Crippen LogP contribution is -1.96. The third-order valence-electron chi connectivity index (χ3n) is 1.80. The number of hydrogen-bond acceptors (Lipinski definition) is 2. The van der Waals surface area contributed by atoms with Crippen LogP contribution in [0.3, 0.4) is 0 Å². The summed E-state index contributed by atoms with van der Waals surface area (Å²) in [6.07, 6.45) is 0. The minimum absolute atomic E-state index is 0.493. The van der Waals surface area contributed by atoms with E-state index in [9.17, 15) is 0 Å². The first-order valence-corrected chi connectivity index (χ1v) is 4.43. The highest BCUT2D eigenvalue weighted by Gasteiger charge is 2.02. The SMILES string of the molecule is NCc1[nH]nc2ccc(Br)cc12. The Kier molecular flexibility index (Phi) is 1.86. The molecule has 0 saturated heterocycles. The molecule has 4 heteroatoms. The third-order valence-corrected chi connectivity index (χ3v) is 2.29. The molecule has 0 saturated carbocycles. The van der Waals surface area contributed by atoms with E-state index in [4.69, 9.17) is 5.73 Å². The summed E-state index contributed by atoms with van der Waals surface area (Å²) >= 11 is 3.40. The largest absolute Gasteiger partial charge is 0.325 e. The number of hydrogen-bond donors (Lipinski definition) is 2. The fraction of sp³-hybridized carbons (Fsp3) is 0.125. The van der Waals surface area contributed by atoms with Gasteiger partial charge in [-0.3, -0.25) is 5.10 Å². The lowest BCUT2D eigenvalue weighted by atomic mass is 10.2. The lowest BCUT2D eigenvalue weighted by molar-refractivity contribution is 0.959. The van der Waals surface area contributed by atoms with E-state index >= 15 is 0 Å². The first kappa shape index (κ1) is 7.76. The molecule has 3 nitrogen and oxygen atoms in total. The number of aromatic amines is 1. The van der Waals surface area contributed by atoms with Crippen molar-refractivity contribution in [3.05, 3.63) is 28.4 Å². The molecular weight excluding hydrogens is 218 g/mol. The predicted octanol–water partition coefficient (Wildman–Crippen LogP) is 1.78. The van der Waals surface area contributed by atoms with Crippen molar-refractivity contribution < 1.29 is 0 Å². The number of halogens is 1. The highest BCUT2D eigenvalue weighted by molar-refractivity contribution is 9.10. The van der Waals surface area contributed by atoms with Gasteiger partial charge in [0.1, 0.15) is 0 Å². The molecule has 1 aromatic carbocycles. The van der Waals surface area contributed by atoms with Crippen molar-refractivity contribution >= 4 is 26.8 Å². The molecule has 0 radical (unpaired) electrons. The molecule has 0 aliphatic heterocycles. The Balaban J connectivity index is 2.75. The zero-order chi connectivity index (χ0) is 8.55. The van der Waals surface area contributed by atoms with Crippen LogP contribution in [0.25, 0.3) is 10.9 Å². The van der Waals surface area contributed by atoms with Gasteiger partial charge >= 0.3 is 0 Å². The van der Waals surface area contributed by atoms with E-state index in [-0.39, 0.29) is 0 Å². The van der Waals surface area contributed by atoms with E-state index < -0.39 is 0 Å². The van der Waals surface area contributed by atoms with Gasteiger partial charge in [0.15, 0.2) is 0 Å². The summed E-state index contributed by atoms with van der Waals surface area (Å²) in [5.74, 6) is 0. The first-order chi connectivity index (χ1) is 5.81. The van der Waals surface area contributed by atoms with E-state index in [1.807, 2.05) is 18.2 Å². The normalized spacial score (nSPS) is 10.8. The molecule has 0 atom stereocenters. The van der Waals surface area contributed by atoms with Crippen LogP contribution in [0.1, 0.15) is 5.69 Å². The maximum Gasteiger partial charge on any atom is 0.0925 e. The number of H-pyrrole nitrogens is 1. The molecule has 12 heavy (non-hydrogen) atoms. The maximum absolute atomic E-state index is 5.52. The van der Waals surface area contributed by atoms with Crippen LogP contribution in [0.2, 0.25) is 0 Å². The topological polar surface area (TPSA) is 54.7 Å². The van der Waals surface area contributed by atoms with Crippen molar-refractivity contribution in [1.82, 2.24) is 10.2 Å². The molecule has 0 spiro atoms. The fourth-order valence-electron chi connectivity index (χ4n) is 1.19. The van der Waals surface area contributed by atoms with Crippen molar-refractivity contribution in [1.29, 1.82) is 0 Å². The van der Waals surface area contributed by atoms with Crippen LogP contribution in [0.15, 0.2) is 22.7 Å². The van der Waals surface area contributed by atoms with Gasteiger partial charge < -0.3 is 5.73 Å². The molecule has 0 aliphatic rings. The van der Waals surface area contributed by atoms with E-state index in [1.54, 1.807) is 0 Å². The minimum atomic E-state index is 0.493. The van der Waals surface area contributed by atoms with Gasteiger partial charge in [-0.2, -0.15) is 5.10 Å². The molecular formula is C8H8BrN3. The van der Waals surface area contributed by atoms with Crippen LogP contribution >= 0.6 is 15.9 Å². The van der Waals surface area contributed by atoms with Gasteiger partial charge in [-0.05, 0) is 18.2 Å². The highest BCUT2D eigenvalue weighted by atomic mass is 79.9. The second-order valence-electron chi connectivity index (χ2n) is 2.57. The molecule has 0 unspecified atom stereocenters. The minimum Gasteiger partial charge on any atom is -0.325 e. The monoisotopic (exact) mass is 225 g/mol. The summed E-state index contributed by atoms with van der Waals surface area (Å²) in [6, 6.07) is 5.93. The van der Waals surface area contributed by atoms with E-state index in [0.29, 0.717) is 6.54 Å². The molecule has 0 bridgehead atoms. The summed E-state index contributed by atoms with van der Waals surface area (Å²) < 4.78 is 1.05. The molecule has 0 fully saturated rings. The van der Waals surface area contributed by atoms with Crippen molar-refractivity contribution in [3.8, 4) is 0 Å². The molecule has 3 N–H and O–H groups in total. The number of aromatic nitrogens is 2. The smallest absolute Gasteiger partial charge is 0.0925 e. The summed E-state index contributed by atoms with van der Waals surface area (Å²) in [5.41, 5.74) is 7.46. The van der Waals surface area contributed by atoms with Crippen molar-refractivity contribution in [2.45, 2.75) is 6.54 Å². The molecule has 62 valence electrons. The van der Waals surface area contributed by atoms with Crippen LogP contribution in [-0.4, -0.2) is 10.2 Å². The summed E-state index contributed by atoms with van der Waals surface area (Å²) in [6.45, 7) is 0.493. The second-order valence-corrected chi connectivity index (χ2v) is 3.48. The summed E-state index contributed by atoms with van der Waals surface area (Å²) in [5, 5.41) is 8.09. The average molecular weight is 226 g/mol. The van der Waals surface area contributed by atoms with Crippen LogP contribution in [0.5, 0.6) is 0 Å². The Labute approximate surface area is 78.1 Å². The quantitative estimate of drug-likeness (QED) is 0.778. The molecule has 1 aromatic heterocycles. The number of fused-ring (bicyclic) bond motifs is 1. The maximum atomic E-state index is 5.52. The lowest BCUT2D eigenvalue weighted by Gasteiger charge is -1.92. The van der Waals surface area contributed by atoms with Crippen molar-refractivity contribution in [2.75, 3.05) is 0 Å². The van der Waals surface area contributed by atoms with Gasteiger partial charge in [-0.25, -0.2) is 0 Å². The van der Waals surface area contributed by atoms with Crippen LogP contribution < -0.4 is 5.73 Å². The number of nitrogens with one attached hydrogen (secondary N) is 1. The Morgan fingerprint density at radius 2 is 2.33 bits per heavy atom. The zero-order valence-corrected chi connectivity index (χ0v) is 7.93. The van der Waals surface area contributed by atoms with Crippen LogP contribution in [0, 0.1) is 0 Å². The summed E-state index contributed by atoms with van der Waals surface area (Å²) in [4.78, 5) is 0. The average Bonchev–Trinajstić information content (AvgIpc) is 2.46. The van der Waals surface area contributed by atoms with E-state index in [0.717, 1.165) is 21.1 Å². The number of rotatable bonds is 1.